The number of ether oxygens (including phenoxy) is 2. The lowest BCUT2D eigenvalue weighted by Crippen LogP contribution is -2.31. The molecule has 0 bridgehead atoms. The third kappa shape index (κ3) is 9.78. The minimum Gasteiger partial charge on any atom is -0.382 e. The second-order valence-electron chi connectivity index (χ2n) is 7.59. The number of rotatable bonds is 9. The molecule has 1 aromatic rings. The number of hydrogen-bond acceptors (Lipinski definition) is 2. The van der Waals surface area contributed by atoms with E-state index in [2.05, 4.69) is 62.4 Å². The lowest BCUT2D eigenvalue weighted by Gasteiger charge is -2.36. The standard InChI is InChI=1S/C14H22O.C11H16O.C2H6/c1-3-13(11-8-12-15-4-2)14-9-6-5-7-10-14;1-12-11-7-10(8-11)9-5-3-2-4-6-9;1-2/h5-7,9-10,13H,3-4,8,11-12H2,1-2H3;2-3,5,10-11H,4,6-8H2,1H3;1-2H3. The van der Waals surface area contributed by atoms with E-state index in [4.69, 9.17) is 9.47 Å². The number of hydrogen-bond donors (Lipinski definition) is 0. The van der Waals surface area contributed by atoms with Crippen LogP contribution in [0.25, 0.3) is 0 Å². The summed E-state index contributed by atoms with van der Waals surface area (Å²) in [5.74, 6) is 1.53. The molecule has 2 aliphatic carbocycles. The highest BCUT2D eigenvalue weighted by atomic mass is 16.5. The van der Waals surface area contributed by atoms with Gasteiger partial charge in [-0.1, -0.05) is 74.9 Å². The maximum Gasteiger partial charge on any atom is 0.0582 e. The Hall–Kier alpha value is -1.38. The van der Waals surface area contributed by atoms with Gasteiger partial charge in [-0.15, -0.1) is 0 Å². The SMILES string of the molecule is CC.CCOCCCC(CC)c1ccccc1.COC1CC(C2=CC=CCC2)C1. The van der Waals surface area contributed by atoms with Crippen LogP contribution in [0.1, 0.15) is 84.1 Å². The Morgan fingerprint density at radius 2 is 1.79 bits per heavy atom. The molecule has 0 heterocycles. The van der Waals surface area contributed by atoms with Crippen LogP contribution in [0.2, 0.25) is 0 Å². The Morgan fingerprint density at radius 1 is 1.07 bits per heavy atom. The van der Waals surface area contributed by atoms with Gasteiger partial charge in [0.25, 0.3) is 0 Å². The maximum absolute atomic E-state index is 5.36. The Balaban J connectivity index is 0.000000272. The van der Waals surface area contributed by atoms with Crippen LogP contribution < -0.4 is 0 Å². The summed E-state index contributed by atoms with van der Waals surface area (Å²) in [4.78, 5) is 0. The largest absolute Gasteiger partial charge is 0.382 e. The van der Waals surface area contributed by atoms with Crippen molar-refractivity contribution in [2.75, 3.05) is 20.3 Å². The lowest BCUT2D eigenvalue weighted by atomic mass is 9.75. The van der Waals surface area contributed by atoms with Crippen LogP contribution in [0, 0.1) is 5.92 Å². The van der Waals surface area contributed by atoms with Crippen molar-refractivity contribution < 1.29 is 9.47 Å². The Bertz CT molecular complexity index is 555. The van der Waals surface area contributed by atoms with Crippen LogP contribution in [-0.2, 0) is 9.47 Å². The summed E-state index contributed by atoms with van der Waals surface area (Å²) in [6.07, 6.45) is 15.9. The number of benzene rings is 1. The smallest absolute Gasteiger partial charge is 0.0582 e. The average Bonchev–Trinajstić information content (AvgIpc) is 2.76. The van der Waals surface area contributed by atoms with E-state index in [1.165, 1.54) is 50.5 Å². The summed E-state index contributed by atoms with van der Waals surface area (Å²) in [5, 5.41) is 0. The summed E-state index contributed by atoms with van der Waals surface area (Å²) in [6.45, 7) is 10.1. The molecule has 164 valence electrons. The fourth-order valence-electron chi connectivity index (χ4n) is 3.93. The topological polar surface area (TPSA) is 18.5 Å². The fourth-order valence-corrected chi connectivity index (χ4v) is 3.93. The van der Waals surface area contributed by atoms with Gasteiger partial charge in [-0.2, -0.15) is 0 Å². The van der Waals surface area contributed by atoms with E-state index in [-0.39, 0.29) is 0 Å². The van der Waals surface area contributed by atoms with Crippen LogP contribution in [0.3, 0.4) is 0 Å². The maximum atomic E-state index is 5.36. The van der Waals surface area contributed by atoms with E-state index in [1.807, 2.05) is 21.0 Å². The predicted molar refractivity (Wildman–Crippen MR) is 127 cm³/mol. The van der Waals surface area contributed by atoms with Gasteiger partial charge < -0.3 is 9.47 Å². The minimum atomic E-state index is 0.543. The van der Waals surface area contributed by atoms with Crippen LogP contribution >= 0.6 is 0 Å². The summed E-state index contributed by atoms with van der Waals surface area (Å²) in [7, 11) is 1.82. The van der Waals surface area contributed by atoms with Crippen molar-refractivity contribution in [3.05, 3.63) is 59.7 Å². The lowest BCUT2D eigenvalue weighted by molar-refractivity contribution is 0.0120. The molecule has 0 spiro atoms. The van der Waals surface area contributed by atoms with Crippen molar-refractivity contribution in [3.63, 3.8) is 0 Å². The molecule has 1 fully saturated rings. The third-order valence-electron chi connectivity index (χ3n) is 5.81. The normalized spacial score (nSPS) is 20.9. The van der Waals surface area contributed by atoms with Gasteiger partial charge in [-0.3, -0.25) is 0 Å². The summed E-state index contributed by atoms with van der Waals surface area (Å²) in [5.41, 5.74) is 3.11. The fraction of sp³-hybridized carbons (Fsp3) is 0.630. The van der Waals surface area contributed by atoms with Gasteiger partial charge in [0.1, 0.15) is 0 Å². The summed E-state index contributed by atoms with van der Waals surface area (Å²) >= 11 is 0. The molecule has 0 N–H and O–H groups in total. The van der Waals surface area contributed by atoms with Crippen molar-refractivity contribution in [2.45, 2.75) is 84.7 Å². The number of methoxy groups -OCH3 is 1. The van der Waals surface area contributed by atoms with Gasteiger partial charge >= 0.3 is 0 Å². The van der Waals surface area contributed by atoms with E-state index in [1.54, 1.807) is 5.57 Å². The molecule has 2 nitrogen and oxygen atoms in total. The van der Waals surface area contributed by atoms with Gasteiger partial charge in [0, 0.05) is 20.3 Å². The molecule has 3 rings (SSSR count). The quantitative estimate of drug-likeness (QED) is 0.395. The van der Waals surface area contributed by atoms with Crippen molar-refractivity contribution in [1.82, 2.24) is 0 Å². The number of allylic oxidation sites excluding steroid dienone is 4. The van der Waals surface area contributed by atoms with Gasteiger partial charge in [-0.25, -0.2) is 0 Å². The molecule has 1 unspecified atom stereocenters. The van der Waals surface area contributed by atoms with Gasteiger partial charge in [0.15, 0.2) is 0 Å². The second kappa shape index (κ2) is 16.4. The van der Waals surface area contributed by atoms with E-state index < -0.39 is 0 Å². The Morgan fingerprint density at radius 3 is 2.34 bits per heavy atom. The zero-order valence-electron chi connectivity index (χ0n) is 19.5. The molecule has 0 radical (unpaired) electrons. The molecular formula is C27H44O2. The Labute approximate surface area is 180 Å². The zero-order valence-corrected chi connectivity index (χ0v) is 19.5. The molecule has 0 aromatic heterocycles. The highest BCUT2D eigenvalue weighted by Crippen LogP contribution is 2.38. The minimum absolute atomic E-state index is 0.543. The van der Waals surface area contributed by atoms with Crippen LogP contribution in [0.4, 0.5) is 0 Å². The Kier molecular flexibility index (Phi) is 14.5. The van der Waals surface area contributed by atoms with Gasteiger partial charge in [-0.05, 0) is 69.3 Å². The zero-order chi connectivity index (χ0) is 21.3. The molecule has 2 heteroatoms. The van der Waals surface area contributed by atoms with E-state index in [0.29, 0.717) is 12.0 Å². The average molecular weight is 401 g/mol. The van der Waals surface area contributed by atoms with Gasteiger partial charge in [0.2, 0.25) is 0 Å². The molecule has 2 aliphatic rings. The molecule has 1 saturated carbocycles. The highest BCUT2D eigenvalue weighted by Gasteiger charge is 2.31. The molecule has 0 amide bonds. The first kappa shape index (κ1) is 25.7. The van der Waals surface area contributed by atoms with E-state index >= 15 is 0 Å². The molecule has 1 atom stereocenters. The molecule has 1 aromatic carbocycles. The second-order valence-corrected chi connectivity index (χ2v) is 7.59. The molecule has 0 aliphatic heterocycles. The predicted octanol–water partition coefficient (Wildman–Crippen LogP) is 7.71. The van der Waals surface area contributed by atoms with Gasteiger partial charge in [0.05, 0.1) is 6.10 Å². The monoisotopic (exact) mass is 400 g/mol. The van der Waals surface area contributed by atoms with Crippen molar-refractivity contribution in [1.29, 1.82) is 0 Å². The highest BCUT2D eigenvalue weighted by molar-refractivity contribution is 5.22. The first-order chi connectivity index (χ1) is 14.3. The van der Waals surface area contributed by atoms with Crippen molar-refractivity contribution >= 4 is 0 Å². The first-order valence-electron chi connectivity index (χ1n) is 11.8. The summed E-state index contributed by atoms with van der Waals surface area (Å²) in [6, 6.07) is 10.8. The van der Waals surface area contributed by atoms with Crippen molar-refractivity contribution in [3.8, 4) is 0 Å². The molecule has 29 heavy (non-hydrogen) atoms. The molecule has 0 saturated heterocycles. The summed E-state index contributed by atoms with van der Waals surface area (Å²) < 4.78 is 10.6. The van der Waals surface area contributed by atoms with E-state index in [0.717, 1.165) is 19.1 Å². The van der Waals surface area contributed by atoms with E-state index in [9.17, 15) is 0 Å². The van der Waals surface area contributed by atoms with Crippen LogP contribution in [-0.4, -0.2) is 26.4 Å². The first-order valence-corrected chi connectivity index (χ1v) is 11.8. The third-order valence-corrected chi connectivity index (χ3v) is 5.81. The molecular weight excluding hydrogens is 356 g/mol. The van der Waals surface area contributed by atoms with Crippen LogP contribution in [0.5, 0.6) is 0 Å². The van der Waals surface area contributed by atoms with Crippen LogP contribution in [0.15, 0.2) is 54.1 Å². The van der Waals surface area contributed by atoms with Crippen molar-refractivity contribution in [2.24, 2.45) is 5.92 Å².